The van der Waals surface area contributed by atoms with Gasteiger partial charge >= 0.3 is 18.1 Å². The first kappa shape index (κ1) is 30.4. The Bertz CT molecular complexity index is 1220. The van der Waals surface area contributed by atoms with Gasteiger partial charge in [-0.25, -0.2) is 9.59 Å². The summed E-state index contributed by atoms with van der Waals surface area (Å²) in [5.74, 6) is -3.89. The van der Waals surface area contributed by atoms with E-state index in [4.69, 9.17) is 9.90 Å². The Balaban J connectivity index is 0.000000559. The molecule has 2 saturated heterocycles. The van der Waals surface area contributed by atoms with Crippen molar-refractivity contribution < 1.29 is 42.6 Å². The van der Waals surface area contributed by atoms with E-state index in [1.165, 1.54) is 6.07 Å². The van der Waals surface area contributed by atoms with E-state index in [1.54, 1.807) is 24.3 Å². The van der Waals surface area contributed by atoms with Crippen LogP contribution in [0.3, 0.4) is 0 Å². The molecule has 0 radical (unpaired) electrons. The first-order chi connectivity index (χ1) is 18.8. The van der Waals surface area contributed by atoms with Crippen LogP contribution in [-0.4, -0.2) is 95.8 Å². The topological polar surface area (TPSA) is 130 Å². The maximum absolute atomic E-state index is 12.8. The van der Waals surface area contributed by atoms with E-state index in [9.17, 15) is 32.7 Å². The Labute approximate surface area is 229 Å². The average Bonchev–Trinajstić information content (AvgIpc) is 3.45. The number of rotatable bonds is 6. The number of aryl methyl sites for hydroxylation is 1. The summed E-state index contributed by atoms with van der Waals surface area (Å²) in [5.41, 5.74) is 2.94. The van der Waals surface area contributed by atoms with Crippen LogP contribution in [0.4, 0.5) is 24.5 Å². The Hall–Kier alpha value is -4.13. The minimum Gasteiger partial charge on any atom is -0.478 e. The largest absolute Gasteiger partial charge is 0.490 e. The Morgan fingerprint density at radius 2 is 1.40 bits per heavy atom. The van der Waals surface area contributed by atoms with E-state index in [0.717, 1.165) is 50.3 Å². The quantitative estimate of drug-likeness (QED) is 0.487. The van der Waals surface area contributed by atoms with Crippen LogP contribution in [-0.2, 0) is 9.59 Å². The number of aliphatic carboxylic acids is 1. The number of halogens is 3. The van der Waals surface area contributed by atoms with Crippen molar-refractivity contribution in [3.8, 4) is 0 Å². The Morgan fingerprint density at radius 3 is 1.93 bits per heavy atom. The van der Waals surface area contributed by atoms with Crippen molar-refractivity contribution in [3.63, 3.8) is 0 Å². The molecule has 4 rings (SSSR count). The molecule has 216 valence electrons. The molecule has 0 aromatic heterocycles. The van der Waals surface area contributed by atoms with Crippen molar-refractivity contribution in [1.29, 1.82) is 0 Å². The highest BCUT2D eigenvalue weighted by atomic mass is 19.4. The monoisotopic (exact) mass is 564 g/mol. The molecule has 2 aliphatic rings. The third-order valence-corrected chi connectivity index (χ3v) is 6.58. The lowest BCUT2D eigenvalue weighted by Gasteiger charge is -2.37. The van der Waals surface area contributed by atoms with E-state index in [0.29, 0.717) is 30.9 Å². The van der Waals surface area contributed by atoms with Crippen LogP contribution in [0, 0.1) is 6.92 Å². The summed E-state index contributed by atoms with van der Waals surface area (Å²) in [6, 6.07) is 12.1. The summed E-state index contributed by atoms with van der Waals surface area (Å²) < 4.78 is 31.7. The number of likely N-dealkylation sites (tertiary alicyclic amines) is 1. The fourth-order valence-corrected chi connectivity index (χ4v) is 4.35. The molecule has 0 spiro atoms. The third kappa shape index (κ3) is 8.43. The zero-order chi connectivity index (χ0) is 29.4. The Kier molecular flexibility index (Phi) is 10.1. The van der Waals surface area contributed by atoms with Crippen molar-refractivity contribution in [3.05, 3.63) is 59.2 Å². The maximum Gasteiger partial charge on any atom is 0.490 e. The predicted octanol–water partition coefficient (Wildman–Crippen LogP) is 3.32. The number of hydrogen-bond donors (Lipinski definition) is 3. The number of alkyl halides is 3. The van der Waals surface area contributed by atoms with Crippen molar-refractivity contribution in [1.82, 2.24) is 9.80 Å². The Morgan fingerprint density at radius 1 is 0.850 bits per heavy atom. The van der Waals surface area contributed by atoms with Crippen LogP contribution >= 0.6 is 0 Å². The molecule has 2 amide bonds. The smallest absolute Gasteiger partial charge is 0.478 e. The molecule has 2 aromatic rings. The molecule has 2 heterocycles. The highest BCUT2D eigenvalue weighted by Crippen LogP contribution is 2.29. The highest BCUT2D eigenvalue weighted by Gasteiger charge is 2.38. The summed E-state index contributed by atoms with van der Waals surface area (Å²) in [4.78, 5) is 51.9. The summed E-state index contributed by atoms with van der Waals surface area (Å²) in [7, 11) is 0. The van der Waals surface area contributed by atoms with Crippen LogP contribution in [0.25, 0.3) is 0 Å². The molecule has 0 unspecified atom stereocenters. The minimum absolute atomic E-state index is 0.118. The lowest BCUT2D eigenvalue weighted by molar-refractivity contribution is -0.192. The van der Waals surface area contributed by atoms with Gasteiger partial charge < -0.3 is 25.3 Å². The van der Waals surface area contributed by atoms with Crippen molar-refractivity contribution in [2.24, 2.45) is 0 Å². The molecular weight excluding hydrogens is 533 g/mol. The summed E-state index contributed by atoms with van der Waals surface area (Å²) in [6.07, 6.45) is -2.91. The number of hydrogen-bond acceptors (Lipinski definition) is 6. The molecule has 40 heavy (non-hydrogen) atoms. The molecule has 0 aliphatic carbocycles. The summed E-state index contributed by atoms with van der Waals surface area (Å²) in [6.45, 7) is 6.94. The number of aromatic carboxylic acids is 1. The van der Waals surface area contributed by atoms with Crippen LogP contribution in [0.5, 0.6) is 0 Å². The number of carboxylic acids is 2. The van der Waals surface area contributed by atoms with E-state index in [1.807, 2.05) is 24.0 Å². The lowest BCUT2D eigenvalue weighted by Crippen LogP contribution is -2.50. The molecule has 0 saturated carbocycles. The second-order valence-corrected chi connectivity index (χ2v) is 9.51. The average molecular weight is 565 g/mol. The number of anilines is 2. The second kappa shape index (κ2) is 13.3. The minimum atomic E-state index is -5.08. The van der Waals surface area contributed by atoms with E-state index in [-0.39, 0.29) is 17.4 Å². The van der Waals surface area contributed by atoms with Crippen molar-refractivity contribution in [2.75, 3.05) is 56.0 Å². The van der Waals surface area contributed by atoms with Gasteiger partial charge in [0.15, 0.2) is 0 Å². The van der Waals surface area contributed by atoms with Crippen molar-refractivity contribution >= 4 is 35.1 Å². The van der Waals surface area contributed by atoms with Gasteiger partial charge in [-0.1, -0.05) is 17.7 Å². The van der Waals surface area contributed by atoms with Crippen LogP contribution in [0.15, 0.2) is 42.5 Å². The standard InChI is InChI=1S/C25H30N4O4.C2HF3O2/c1-18-4-6-19(7-5-18)24(31)26-21-16-20(25(32)33)8-9-22(21)28-14-12-27(13-15-28)17-23(30)29-10-2-3-11-29;3-2(4,5)1(6)7/h4-9,16H,2-3,10-15,17H2,1H3,(H,26,31)(H,32,33);(H,6,7). The fourth-order valence-electron chi connectivity index (χ4n) is 4.35. The number of carbonyl (C=O) groups excluding carboxylic acids is 2. The number of nitrogens with one attached hydrogen (secondary N) is 1. The number of carboxylic acid groups (broad SMARTS) is 2. The van der Waals surface area contributed by atoms with Gasteiger partial charge in [0.25, 0.3) is 5.91 Å². The van der Waals surface area contributed by atoms with Gasteiger partial charge in [0.05, 0.1) is 23.5 Å². The zero-order valence-corrected chi connectivity index (χ0v) is 21.9. The number of carbonyl (C=O) groups is 4. The number of benzene rings is 2. The first-order valence-electron chi connectivity index (χ1n) is 12.7. The molecule has 0 atom stereocenters. The van der Waals surface area contributed by atoms with Gasteiger partial charge in [-0.2, -0.15) is 13.2 Å². The molecule has 2 aliphatic heterocycles. The molecule has 3 N–H and O–H groups in total. The van der Waals surface area contributed by atoms with Crippen molar-refractivity contribution in [2.45, 2.75) is 25.9 Å². The third-order valence-electron chi connectivity index (χ3n) is 6.58. The SMILES string of the molecule is Cc1ccc(C(=O)Nc2cc(C(=O)O)ccc2N2CCN(CC(=O)N3CCCC3)CC2)cc1.O=C(O)C(F)(F)F. The zero-order valence-electron chi connectivity index (χ0n) is 21.9. The highest BCUT2D eigenvalue weighted by molar-refractivity contribution is 6.06. The normalized spacial score (nSPS) is 15.7. The van der Waals surface area contributed by atoms with Gasteiger partial charge in [-0.15, -0.1) is 0 Å². The van der Waals surface area contributed by atoms with Gasteiger partial charge in [-0.05, 0) is 50.1 Å². The molecular formula is C27H31F3N4O6. The predicted molar refractivity (Wildman–Crippen MR) is 141 cm³/mol. The van der Waals surface area contributed by atoms with Gasteiger partial charge in [0.1, 0.15) is 0 Å². The molecule has 10 nitrogen and oxygen atoms in total. The molecule has 0 bridgehead atoms. The number of nitrogens with zero attached hydrogens (tertiary/aromatic N) is 3. The summed E-state index contributed by atoms with van der Waals surface area (Å²) >= 11 is 0. The summed E-state index contributed by atoms with van der Waals surface area (Å²) in [5, 5.41) is 19.5. The molecule has 13 heteroatoms. The first-order valence-corrected chi connectivity index (χ1v) is 12.7. The van der Waals surface area contributed by atoms with Crippen LogP contribution in [0.2, 0.25) is 0 Å². The van der Waals surface area contributed by atoms with Crippen LogP contribution < -0.4 is 10.2 Å². The lowest BCUT2D eigenvalue weighted by atomic mass is 10.1. The van der Waals surface area contributed by atoms with E-state index < -0.39 is 18.1 Å². The number of piperazine rings is 1. The molecule has 2 fully saturated rings. The molecule has 2 aromatic carbocycles. The van der Waals surface area contributed by atoms with E-state index in [2.05, 4.69) is 15.1 Å². The van der Waals surface area contributed by atoms with E-state index >= 15 is 0 Å². The van der Waals surface area contributed by atoms with Gasteiger partial charge in [0.2, 0.25) is 5.91 Å². The fraction of sp³-hybridized carbons (Fsp3) is 0.407. The van der Waals surface area contributed by atoms with Gasteiger partial charge in [0, 0.05) is 44.8 Å². The van der Waals surface area contributed by atoms with Crippen LogP contribution in [0.1, 0.15) is 39.1 Å². The number of amides is 2. The maximum atomic E-state index is 12.8. The van der Waals surface area contributed by atoms with Gasteiger partial charge in [-0.3, -0.25) is 14.5 Å². The second-order valence-electron chi connectivity index (χ2n) is 9.51.